The Labute approximate surface area is 282 Å². The van der Waals surface area contributed by atoms with Crippen LogP contribution in [0.4, 0.5) is 22.0 Å². The minimum atomic E-state index is -4.54. The number of aromatic nitrogens is 3. The molecule has 1 aliphatic heterocycles. The maximum Gasteiger partial charge on any atom is 0.416 e. The van der Waals surface area contributed by atoms with Gasteiger partial charge in [0, 0.05) is 54.1 Å². The van der Waals surface area contributed by atoms with Gasteiger partial charge in [0.15, 0.2) is 0 Å². The summed E-state index contributed by atoms with van der Waals surface area (Å²) in [5, 5.41) is 11.1. The minimum Gasteiger partial charge on any atom is -0.374 e. The number of hydrogen-bond acceptors (Lipinski definition) is 5. The molecule has 264 valence electrons. The Balaban J connectivity index is 1.43. The predicted molar refractivity (Wildman–Crippen MR) is 182 cm³/mol. The zero-order chi connectivity index (χ0) is 35.3. The Hall–Kier alpha value is -4.10. The summed E-state index contributed by atoms with van der Waals surface area (Å²) in [4.78, 5) is 22.4. The van der Waals surface area contributed by atoms with Gasteiger partial charge in [-0.15, -0.1) is 0 Å². The molecular formula is C36H44F5N7O. The van der Waals surface area contributed by atoms with Gasteiger partial charge in [-0.25, -0.2) is 9.18 Å². The molecule has 5 rings (SSSR count). The zero-order valence-corrected chi connectivity index (χ0v) is 27.8. The summed E-state index contributed by atoms with van der Waals surface area (Å²) < 4.78 is 71.8. The van der Waals surface area contributed by atoms with E-state index in [2.05, 4.69) is 20.2 Å². The summed E-state index contributed by atoms with van der Waals surface area (Å²) in [5.41, 5.74) is 6.51. The molecule has 0 radical (unpaired) electrons. The quantitative estimate of drug-likeness (QED) is 0.0664. The van der Waals surface area contributed by atoms with Crippen molar-refractivity contribution in [1.82, 2.24) is 24.8 Å². The van der Waals surface area contributed by atoms with E-state index < -0.39 is 29.9 Å². The number of nitrogens with one attached hydrogen (secondary N) is 3. The molecule has 1 saturated heterocycles. The largest absolute Gasteiger partial charge is 0.416 e. The molecule has 2 aromatic carbocycles. The standard InChI is InChI=1S/C36H44F5N7O/c1-22(42)6-3-7-24-16-25(18-27(17-24)36(39,40)41)32-19-26-21-48(35(49)46-34(26)45-32)29-10-11-30(31(38)20-29)33-9-4-8-28(12-14-44-23(2)43)47(33)15-5-13-37/h10-11,16-22,28,33H,3-9,12-15,42H2,1-2H3,(H2,43,44)(H,45,46,49)/t22-,28-,33-/m0/s1. The van der Waals surface area contributed by atoms with Gasteiger partial charge < -0.3 is 16.0 Å². The van der Waals surface area contributed by atoms with Crippen molar-refractivity contribution < 1.29 is 22.0 Å². The smallest absolute Gasteiger partial charge is 0.374 e. The average Bonchev–Trinajstić information content (AvgIpc) is 3.46. The molecule has 1 aliphatic rings. The van der Waals surface area contributed by atoms with Crippen molar-refractivity contribution in [1.29, 1.82) is 5.41 Å². The zero-order valence-electron chi connectivity index (χ0n) is 27.8. The molecule has 49 heavy (non-hydrogen) atoms. The van der Waals surface area contributed by atoms with Crippen molar-refractivity contribution in [2.75, 3.05) is 19.8 Å². The van der Waals surface area contributed by atoms with E-state index in [1.165, 1.54) is 16.8 Å². The lowest BCUT2D eigenvalue weighted by Crippen LogP contribution is -2.44. The number of H-pyrrole nitrogens is 1. The Morgan fingerprint density at radius 2 is 1.96 bits per heavy atom. The van der Waals surface area contributed by atoms with Gasteiger partial charge in [0.1, 0.15) is 11.5 Å². The highest BCUT2D eigenvalue weighted by Crippen LogP contribution is 2.38. The maximum atomic E-state index is 15.9. The Morgan fingerprint density at radius 1 is 1.16 bits per heavy atom. The highest BCUT2D eigenvalue weighted by Gasteiger charge is 2.33. The lowest BCUT2D eigenvalue weighted by Gasteiger charge is -2.43. The second-order valence-electron chi connectivity index (χ2n) is 13.1. The first-order chi connectivity index (χ1) is 23.3. The van der Waals surface area contributed by atoms with Crippen molar-refractivity contribution in [3.8, 4) is 16.9 Å². The normalized spacial score (nSPS) is 17.8. The molecule has 0 bridgehead atoms. The topological polar surface area (TPSA) is 116 Å². The number of rotatable bonds is 13. The van der Waals surface area contributed by atoms with Crippen LogP contribution in [0.2, 0.25) is 0 Å². The van der Waals surface area contributed by atoms with E-state index in [-0.39, 0.29) is 29.5 Å². The highest BCUT2D eigenvalue weighted by molar-refractivity contribution is 5.83. The van der Waals surface area contributed by atoms with Crippen LogP contribution in [-0.2, 0) is 12.6 Å². The summed E-state index contributed by atoms with van der Waals surface area (Å²) in [6, 6.07) is 9.93. The van der Waals surface area contributed by atoms with Gasteiger partial charge in [-0.05, 0) is 113 Å². The number of piperidine rings is 1. The third kappa shape index (κ3) is 8.93. The van der Waals surface area contributed by atoms with Crippen LogP contribution in [-0.4, -0.2) is 57.1 Å². The number of benzene rings is 2. The number of halogens is 5. The van der Waals surface area contributed by atoms with Crippen LogP contribution >= 0.6 is 0 Å². The first-order valence-electron chi connectivity index (χ1n) is 16.8. The van der Waals surface area contributed by atoms with Crippen molar-refractivity contribution in [3.05, 3.63) is 81.7 Å². The van der Waals surface area contributed by atoms with Gasteiger partial charge in [-0.1, -0.05) is 6.07 Å². The molecule has 0 unspecified atom stereocenters. The van der Waals surface area contributed by atoms with E-state index in [0.717, 1.165) is 31.4 Å². The molecule has 4 aromatic rings. The number of nitrogens with zero attached hydrogens (tertiary/aromatic N) is 3. The van der Waals surface area contributed by atoms with E-state index in [9.17, 15) is 22.4 Å². The Kier molecular flexibility index (Phi) is 11.5. The number of hydrogen-bond donors (Lipinski definition) is 4. The van der Waals surface area contributed by atoms with Gasteiger partial charge in [-0.2, -0.15) is 18.2 Å². The number of likely N-dealkylation sites (tertiary alicyclic amines) is 1. The summed E-state index contributed by atoms with van der Waals surface area (Å²) >= 11 is 0. The van der Waals surface area contributed by atoms with Crippen LogP contribution in [0.1, 0.15) is 81.5 Å². The van der Waals surface area contributed by atoms with E-state index in [4.69, 9.17) is 11.1 Å². The molecule has 13 heteroatoms. The van der Waals surface area contributed by atoms with Crippen LogP contribution in [0.3, 0.4) is 0 Å². The van der Waals surface area contributed by atoms with E-state index in [1.807, 2.05) is 6.92 Å². The van der Waals surface area contributed by atoms with Crippen LogP contribution in [0.15, 0.2) is 53.5 Å². The minimum absolute atomic E-state index is 0.0553. The number of alkyl halides is 4. The van der Waals surface area contributed by atoms with Crippen molar-refractivity contribution in [2.45, 2.75) is 89.5 Å². The van der Waals surface area contributed by atoms with Crippen LogP contribution < -0.4 is 16.7 Å². The lowest BCUT2D eigenvalue weighted by atomic mass is 9.88. The summed E-state index contributed by atoms with van der Waals surface area (Å²) in [5.74, 6) is -0.124. The van der Waals surface area contributed by atoms with Crippen LogP contribution in [0.25, 0.3) is 28.0 Å². The fraction of sp³-hybridized carbons (Fsp3) is 0.472. The number of aryl methyl sites for hydroxylation is 1. The molecular weight excluding hydrogens is 641 g/mol. The molecule has 8 nitrogen and oxygen atoms in total. The van der Waals surface area contributed by atoms with Gasteiger partial charge in [-0.3, -0.25) is 19.3 Å². The highest BCUT2D eigenvalue weighted by atomic mass is 19.4. The average molecular weight is 686 g/mol. The monoisotopic (exact) mass is 685 g/mol. The van der Waals surface area contributed by atoms with Crippen LogP contribution in [0, 0.1) is 11.2 Å². The number of fused-ring (bicyclic) bond motifs is 1. The second kappa shape index (κ2) is 15.6. The summed E-state index contributed by atoms with van der Waals surface area (Å²) in [6.07, 6.45) is 2.26. The third-order valence-electron chi connectivity index (χ3n) is 9.19. The molecule has 0 aliphatic carbocycles. The number of nitrogens with two attached hydrogens (primary N) is 1. The van der Waals surface area contributed by atoms with Crippen molar-refractivity contribution in [2.24, 2.45) is 5.73 Å². The van der Waals surface area contributed by atoms with E-state index in [1.54, 1.807) is 31.2 Å². The Bertz CT molecular complexity index is 1820. The maximum absolute atomic E-state index is 15.9. The fourth-order valence-electron chi connectivity index (χ4n) is 6.84. The first-order valence-corrected chi connectivity index (χ1v) is 16.8. The Morgan fingerprint density at radius 3 is 2.65 bits per heavy atom. The van der Waals surface area contributed by atoms with Gasteiger partial charge in [0.25, 0.3) is 0 Å². The molecule has 0 amide bonds. The first kappa shape index (κ1) is 36.2. The second-order valence-corrected chi connectivity index (χ2v) is 13.1. The fourth-order valence-corrected chi connectivity index (χ4v) is 6.84. The molecule has 3 atom stereocenters. The van der Waals surface area contributed by atoms with Crippen molar-refractivity contribution in [3.63, 3.8) is 0 Å². The molecule has 0 spiro atoms. The van der Waals surface area contributed by atoms with E-state index in [0.29, 0.717) is 78.8 Å². The molecule has 1 fully saturated rings. The molecule has 3 heterocycles. The molecule has 0 saturated carbocycles. The van der Waals surface area contributed by atoms with Crippen molar-refractivity contribution >= 4 is 16.9 Å². The summed E-state index contributed by atoms with van der Waals surface area (Å²) in [6.45, 7) is 4.13. The van der Waals surface area contributed by atoms with Gasteiger partial charge >= 0.3 is 11.9 Å². The van der Waals surface area contributed by atoms with Gasteiger partial charge in [0.2, 0.25) is 0 Å². The van der Waals surface area contributed by atoms with Crippen LogP contribution in [0.5, 0.6) is 0 Å². The number of amidine groups is 1. The molecule has 5 N–H and O–H groups in total. The number of aromatic amines is 1. The third-order valence-corrected chi connectivity index (χ3v) is 9.19. The summed E-state index contributed by atoms with van der Waals surface area (Å²) in [7, 11) is 0. The van der Waals surface area contributed by atoms with Gasteiger partial charge in [0.05, 0.1) is 23.8 Å². The van der Waals surface area contributed by atoms with E-state index >= 15 is 4.39 Å². The SMILES string of the molecule is CC(=N)NCC[C@@H]1CCC[C@@H](c2ccc(-n3cc4cc(-c5cc(CCC[C@H](C)N)cc(C(F)(F)F)c5)[nH]c4nc3=O)cc2F)N1CCCF. The molecule has 2 aromatic heterocycles. The lowest BCUT2D eigenvalue weighted by molar-refractivity contribution is -0.137. The predicted octanol–water partition coefficient (Wildman–Crippen LogP) is 7.44.